The Morgan fingerprint density at radius 2 is 1.70 bits per heavy atom. The van der Waals surface area contributed by atoms with Gasteiger partial charge in [0.2, 0.25) is 8.32 Å². The minimum atomic E-state index is -1.78. The summed E-state index contributed by atoms with van der Waals surface area (Å²) in [6, 6.07) is 0. The van der Waals surface area contributed by atoms with Crippen LogP contribution in [0.1, 0.15) is 86.0 Å². The largest absolute Gasteiger partial charge is 0.547 e. The zero-order valence-electron chi connectivity index (χ0n) is 20.5. The summed E-state index contributed by atoms with van der Waals surface area (Å²) >= 11 is 0. The first kappa shape index (κ1) is 21.5. The third-order valence-electron chi connectivity index (χ3n) is 11.0. The molecule has 1 aliphatic heterocycles. The van der Waals surface area contributed by atoms with Gasteiger partial charge in [-0.15, -0.1) is 0 Å². The number of ether oxygens (including phenoxy) is 2. The van der Waals surface area contributed by atoms with Gasteiger partial charge in [0.15, 0.2) is 5.79 Å². The summed E-state index contributed by atoms with van der Waals surface area (Å²) < 4.78 is 19.4. The maximum Gasteiger partial charge on any atom is 0.250 e. The molecular formula is C26H44O3Si. The van der Waals surface area contributed by atoms with Gasteiger partial charge < -0.3 is 13.9 Å². The Bertz CT molecular complexity index is 744. The Morgan fingerprint density at radius 1 is 1.00 bits per heavy atom. The molecule has 3 nitrogen and oxygen atoms in total. The molecule has 1 saturated heterocycles. The molecule has 5 rings (SSSR count). The first-order valence-corrected chi connectivity index (χ1v) is 15.5. The Labute approximate surface area is 185 Å². The zero-order chi connectivity index (χ0) is 21.6. The average Bonchev–Trinajstić information content (AvgIpc) is 3.25. The van der Waals surface area contributed by atoms with Crippen LogP contribution in [0, 0.1) is 28.6 Å². The molecule has 0 aromatic carbocycles. The molecule has 0 aromatic heterocycles. The molecule has 30 heavy (non-hydrogen) atoms. The predicted octanol–water partition coefficient (Wildman–Crippen LogP) is 7.04. The van der Waals surface area contributed by atoms with Crippen LogP contribution in [0.2, 0.25) is 18.1 Å². The van der Waals surface area contributed by atoms with E-state index in [4.69, 9.17) is 13.9 Å². The second kappa shape index (κ2) is 6.60. The minimum absolute atomic E-state index is 0.232. The molecule has 170 valence electrons. The van der Waals surface area contributed by atoms with Crippen LogP contribution in [0.25, 0.3) is 0 Å². The van der Waals surface area contributed by atoms with Crippen LogP contribution >= 0.6 is 0 Å². The Kier molecular flexibility index (Phi) is 4.74. The minimum Gasteiger partial charge on any atom is -0.547 e. The van der Waals surface area contributed by atoms with Crippen molar-refractivity contribution in [2.75, 3.05) is 13.2 Å². The van der Waals surface area contributed by atoms with E-state index in [1.165, 1.54) is 44.3 Å². The maximum absolute atomic E-state index is 6.92. The molecule has 0 amide bonds. The van der Waals surface area contributed by atoms with Gasteiger partial charge in [0.1, 0.15) is 0 Å². The second-order valence-corrected chi connectivity index (χ2v) is 17.7. The molecule has 4 aliphatic carbocycles. The summed E-state index contributed by atoms with van der Waals surface area (Å²) in [5, 5.41) is 0.259. The fourth-order valence-electron chi connectivity index (χ4n) is 8.24. The number of rotatable bonds is 2. The highest BCUT2D eigenvalue weighted by Gasteiger charge is 2.69. The summed E-state index contributed by atoms with van der Waals surface area (Å²) in [5.74, 6) is 3.31. The standard InChI is InChI=1S/C26H44O3Si/c1-18-21-9-8-19-16-20-17-25(19,12-13-26(20)27-14-15-28-26)24(21,5)11-10-22(18)29-30(6,7)23(2,3)4/h19-21H,8-17H2,1-7H3/t19-,20-,21-,24-,25-/m0/s1. The van der Waals surface area contributed by atoms with Crippen molar-refractivity contribution in [1.29, 1.82) is 0 Å². The highest BCUT2D eigenvalue weighted by atomic mass is 28.4. The van der Waals surface area contributed by atoms with Crippen LogP contribution in [-0.4, -0.2) is 27.3 Å². The fraction of sp³-hybridized carbons (Fsp3) is 0.923. The molecule has 1 heterocycles. The van der Waals surface area contributed by atoms with Gasteiger partial charge in [0.25, 0.3) is 0 Å². The number of fused-ring (bicyclic) bond motifs is 3. The maximum atomic E-state index is 6.92. The van der Waals surface area contributed by atoms with Crippen molar-refractivity contribution in [2.24, 2.45) is 28.6 Å². The molecule has 0 aromatic rings. The van der Waals surface area contributed by atoms with E-state index >= 15 is 0 Å². The van der Waals surface area contributed by atoms with E-state index < -0.39 is 8.32 Å². The van der Waals surface area contributed by atoms with Crippen LogP contribution in [0.3, 0.4) is 0 Å². The van der Waals surface area contributed by atoms with Gasteiger partial charge in [-0.05, 0) is 91.8 Å². The average molecular weight is 433 g/mol. The molecule has 0 unspecified atom stereocenters. The van der Waals surface area contributed by atoms with Gasteiger partial charge in [0.05, 0.1) is 19.0 Å². The van der Waals surface area contributed by atoms with E-state index in [9.17, 15) is 0 Å². The number of allylic oxidation sites excluding steroid dienone is 2. The number of hydrogen-bond acceptors (Lipinski definition) is 3. The normalized spacial score (nSPS) is 43.0. The van der Waals surface area contributed by atoms with E-state index in [1.807, 2.05) is 0 Å². The van der Waals surface area contributed by atoms with Crippen molar-refractivity contribution in [3.8, 4) is 0 Å². The van der Waals surface area contributed by atoms with Gasteiger partial charge in [-0.3, -0.25) is 0 Å². The molecule has 4 fully saturated rings. The smallest absolute Gasteiger partial charge is 0.250 e. The summed E-state index contributed by atoms with van der Waals surface area (Å²) in [6.07, 6.45) is 10.3. The fourth-order valence-corrected chi connectivity index (χ4v) is 9.42. The highest BCUT2D eigenvalue weighted by molar-refractivity contribution is 6.74. The lowest BCUT2D eigenvalue weighted by Gasteiger charge is -2.62. The lowest BCUT2D eigenvalue weighted by Crippen LogP contribution is -2.56. The monoisotopic (exact) mass is 432 g/mol. The highest BCUT2D eigenvalue weighted by Crippen LogP contribution is 2.74. The van der Waals surface area contributed by atoms with Crippen molar-refractivity contribution in [3.63, 3.8) is 0 Å². The van der Waals surface area contributed by atoms with E-state index in [2.05, 4.69) is 47.7 Å². The van der Waals surface area contributed by atoms with Gasteiger partial charge in [0, 0.05) is 18.8 Å². The van der Waals surface area contributed by atoms with E-state index in [0.717, 1.165) is 32.0 Å². The van der Waals surface area contributed by atoms with Crippen molar-refractivity contribution in [1.82, 2.24) is 0 Å². The third kappa shape index (κ3) is 2.75. The summed E-state index contributed by atoms with van der Waals surface area (Å²) in [5.41, 5.74) is 2.50. The Balaban J connectivity index is 1.45. The van der Waals surface area contributed by atoms with Crippen molar-refractivity contribution in [3.05, 3.63) is 11.3 Å². The van der Waals surface area contributed by atoms with Gasteiger partial charge >= 0.3 is 0 Å². The van der Waals surface area contributed by atoms with Gasteiger partial charge in [-0.25, -0.2) is 0 Å². The molecule has 0 radical (unpaired) electrons. The van der Waals surface area contributed by atoms with Crippen molar-refractivity contribution >= 4 is 8.32 Å². The molecule has 2 bridgehead atoms. The van der Waals surface area contributed by atoms with Crippen LogP contribution < -0.4 is 0 Å². The Hall–Kier alpha value is -0.323. The third-order valence-corrected chi connectivity index (χ3v) is 15.4. The Morgan fingerprint density at radius 3 is 2.37 bits per heavy atom. The molecule has 3 saturated carbocycles. The molecule has 4 heteroatoms. The molecule has 2 spiro atoms. The lowest BCUT2D eigenvalue weighted by molar-refractivity contribution is -0.227. The van der Waals surface area contributed by atoms with Crippen molar-refractivity contribution in [2.45, 2.75) is 110 Å². The van der Waals surface area contributed by atoms with Gasteiger partial charge in [-0.2, -0.15) is 0 Å². The van der Waals surface area contributed by atoms with Crippen LogP contribution in [0.4, 0.5) is 0 Å². The first-order valence-electron chi connectivity index (χ1n) is 12.6. The summed E-state index contributed by atoms with van der Waals surface area (Å²) in [7, 11) is -1.78. The van der Waals surface area contributed by atoms with Crippen LogP contribution in [0.15, 0.2) is 11.3 Å². The van der Waals surface area contributed by atoms with E-state index in [-0.39, 0.29) is 10.8 Å². The topological polar surface area (TPSA) is 27.7 Å². The summed E-state index contributed by atoms with van der Waals surface area (Å²) in [4.78, 5) is 0. The SMILES string of the molecule is CC1=C(O[Si](C)(C)C(C)(C)C)CC[C@@]2(C)[C@H]1CC[C@H]1C[C@H]3C[C@@]12CCC31OCCO1. The van der Waals surface area contributed by atoms with Crippen LogP contribution in [-0.2, 0) is 13.9 Å². The lowest BCUT2D eigenvalue weighted by atomic mass is 9.43. The molecule has 5 atom stereocenters. The summed E-state index contributed by atoms with van der Waals surface area (Å²) in [6.45, 7) is 18.5. The van der Waals surface area contributed by atoms with Crippen LogP contribution in [0.5, 0.6) is 0 Å². The van der Waals surface area contributed by atoms with Gasteiger partial charge in [-0.1, -0.05) is 27.7 Å². The van der Waals surface area contributed by atoms with Crippen molar-refractivity contribution < 1.29 is 13.9 Å². The number of hydrogen-bond donors (Lipinski definition) is 0. The zero-order valence-corrected chi connectivity index (χ0v) is 21.5. The van der Waals surface area contributed by atoms with E-state index in [0.29, 0.717) is 22.7 Å². The molecule has 0 N–H and O–H groups in total. The second-order valence-electron chi connectivity index (χ2n) is 13.0. The molecular weight excluding hydrogens is 388 g/mol. The quantitative estimate of drug-likeness (QED) is 0.438. The van der Waals surface area contributed by atoms with E-state index in [1.54, 1.807) is 5.57 Å². The predicted molar refractivity (Wildman–Crippen MR) is 124 cm³/mol. The molecule has 5 aliphatic rings. The first-order chi connectivity index (χ1) is 13.9.